The number of rotatable bonds is 3. The molecule has 7 nitrogen and oxygen atoms in total. The minimum Gasteiger partial charge on any atom is -0.459 e. The Kier molecular flexibility index (Phi) is 4.17. The average molecular weight is 403 g/mol. The summed E-state index contributed by atoms with van der Waals surface area (Å²) in [7, 11) is -3.84. The molecule has 9 heteroatoms. The van der Waals surface area contributed by atoms with Gasteiger partial charge in [0.25, 0.3) is 5.91 Å². The number of benzene rings is 1. The molecular formula is C18H17N3O4S2. The van der Waals surface area contributed by atoms with Gasteiger partial charge in [-0.15, -0.1) is 11.3 Å². The van der Waals surface area contributed by atoms with Crippen molar-refractivity contribution in [2.45, 2.75) is 25.2 Å². The van der Waals surface area contributed by atoms with E-state index in [1.807, 2.05) is 19.1 Å². The first-order valence-electron chi connectivity index (χ1n) is 8.26. The number of furan rings is 1. The Morgan fingerprint density at radius 1 is 1.26 bits per heavy atom. The van der Waals surface area contributed by atoms with Gasteiger partial charge in [-0.3, -0.25) is 4.79 Å². The molecule has 4 rings (SSSR count). The van der Waals surface area contributed by atoms with Crippen LogP contribution in [0.3, 0.4) is 0 Å². The lowest BCUT2D eigenvalue weighted by Gasteiger charge is -2.17. The number of nitrogens with two attached hydrogens (primary N) is 1. The highest BCUT2D eigenvalue weighted by Crippen LogP contribution is 2.35. The number of fused-ring (bicyclic) bond motifs is 1. The van der Waals surface area contributed by atoms with Crippen LogP contribution >= 0.6 is 11.3 Å². The van der Waals surface area contributed by atoms with Crippen LogP contribution in [0.2, 0.25) is 0 Å². The molecule has 0 fully saturated rings. The first kappa shape index (κ1) is 17.9. The maximum absolute atomic E-state index is 13.1. The molecule has 0 radical (unpaired) electrons. The summed E-state index contributed by atoms with van der Waals surface area (Å²) in [6, 6.07) is 8.31. The van der Waals surface area contributed by atoms with Gasteiger partial charge in [0.05, 0.1) is 10.6 Å². The average Bonchev–Trinajstić information content (AvgIpc) is 3.30. The number of hydrogen-bond donors (Lipinski definition) is 1. The molecule has 0 atom stereocenters. The van der Waals surface area contributed by atoms with Crippen molar-refractivity contribution in [3.05, 3.63) is 52.2 Å². The predicted molar refractivity (Wildman–Crippen MR) is 102 cm³/mol. The number of thiazole rings is 1. The lowest BCUT2D eigenvalue weighted by molar-refractivity contribution is 0.0992. The lowest BCUT2D eigenvalue weighted by atomic mass is 10.2. The van der Waals surface area contributed by atoms with Gasteiger partial charge < -0.3 is 9.32 Å². The van der Waals surface area contributed by atoms with E-state index in [2.05, 4.69) is 4.98 Å². The van der Waals surface area contributed by atoms with Crippen LogP contribution in [0.15, 0.2) is 39.6 Å². The zero-order chi connectivity index (χ0) is 19.3. The first-order valence-corrected chi connectivity index (χ1v) is 10.6. The standard InChI is InChI=1S/C18H17N3O4S2/c1-10-3-6-15(25-10)17-20-11(2)16(26-17)18(22)21-8-7-12-4-5-13(9-14(12)21)27(19,23)24/h3-6,9H,7-8H2,1-2H3,(H2,19,23,24). The van der Waals surface area contributed by atoms with Gasteiger partial charge in [0.1, 0.15) is 10.6 Å². The fraction of sp³-hybridized carbons (Fsp3) is 0.222. The third kappa shape index (κ3) is 3.18. The van der Waals surface area contributed by atoms with E-state index in [0.717, 1.165) is 11.3 Å². The number of sulfonamides is 1. The quantitative estimate of drug-likeness (QED) is 0.724. The van der Waals surface area contributed by atoms with Gasteiger partial charge in [-0.2, -0.15) is 0 Å². The van der Waals surface area contributed by atoms with Gasteiger partial charge >= 0.3 is 0 Å². The largest absolute Gasteiger partial charge is 0.459 e. The number of nitrogens with zero attached hydrogens (tertiary/aromatic N) is 2. The first-order chi connectivity index (χ1) is 12.7. The Balaban J connectivity index is 1.71. The topological polar surface area (TPSA) is 106 Å². The van der Waals surface area contributed by atoms with Crippen molar-refractivity contribution in [1.82, 2.24) is 4.98 Å². The second-order valence-corrected chi connectivity index (χ2v) is 8.95. The number of hydrogen-bond acceptors (Lipinski definition) is 6. The summed E-state index contributed by atoms with van der Waals surface area (Å²) in [5.74, 6) is 1.19. The van der Waals surface area contributed by atoms with Gasteiger partial charge in [0.2, 0.25) is 10.0 Å². The summed E-state index contributed by atoms with van der Waals surface area (Å²) >= 11 is 1.27. The van der Waals surface area contributed by atoms with E-state index >= 15 is 0 Å². The molecule has 1 aliphatic heterocycles. The molecule has 1 amide bonds. The number of carbonyl (C=O) groups excluding carboxylic acids is 1. The van der Waals surface area contributed by atoms with Crippen molar-refractivity contribution in [2.24, 2.45) is 5.14 Å². The molecule has 3 aromatic rings. The Morgan fingerprint density at radius 2 is 2.04 bits per heavy atom. The number of aromatic nitrogens is 1. The summed E-state index contributed by atoms with van der Waals surface area (Å²) in [6.45, 7) is 4.11. The van der Waals surface area contributed by atoms with Crippen LogP contribution in [0, 0.1) is 13.8 Å². The molecule has 2 N–H and O–H groups in total. The molecule has 1 aliphatic rings. The van der Waals surface area contributed by atoms with Gasteiger partial charge in [-0.05, 0) is 50.1 Å². The van der Waals surface area contributed by atoms with Crippen LogP contribution in [0.25, 0.3) is 10.8 Å². The number of amides is 1. The maximum atomic E-state index is 13.1. The normalized spacial score (nSPS) is 13.8. The highest BCUT2D eigenvalue weighted by atomic mass is 32.2. The molecule has 0 spiro atoms. The highest BCUT2D eigenvalue weighted by Gasteiger charge is 2.30. The van der Waals surface area contributed by atoms with Gasteiger partial charge in [-0.1, -0.05) is 6.07 Å². The number of anilines is 1. The Hall–Kier alpha value is -2.49. The molecule has 2 aromatic heterocycles. The van der Waals surface area contributed by atoms with E-state index in [0.29, 0.717) is 40.0 Å². The summed E-state index contributed by atoms with van der Waals surface area (Å²) in [5, 5.41) is 5.87. The van der Waals surface area contributed by atoms with Crippen molar-refractivity contribution in [1.29, 1.82) is 0 Å². The number of aryl methyl sites for hydroxylation is 2. The van der Waals surface area contributed by atoms with Crippen LogP contribution in [0.5, 0.6) is 0 Å². The SMILES string of the molecule is Cc1ccc(-c2nc(C)c(C(=O)N3CCc4ccc(S(N)(=O)=O)cc43)s2)o1. The molecule has 27 heavy (non-hydrogen) atoms. The smallest absolute Gasteiger partial charge is 0.270 e. The Morgan fingerprint density at radius 3 is 2.70 bits per heavy atom. The van der Waals surface area contributed by atoms with E-state index in [1.165, 1.54) is 23.5 Å². The zero-order valence-corrected chi connectivity index (χ0v) is 16.4. The van der Waals surface area contributed by atoms with Crippen molar-refractivity contribution < 1.29 is 17.6 Å². The minimum absolute atomic E-state index is 0.00581. The van der Waals surface area contributed by atoms with Crippen LogP contribution < -0.4 is 10.0 Å². The molecule has 0 unspecified atom stereocenters. The molecule has 0 saturated carbocycles. The summed E-state index contributed by atoms with van der Waals surface area (Å²) in [5.41, 5.74) is 2.11. The minimum atomic E-state index is -3.84. The molecular weight excluding hydrogens is 386 g/mol. The number of primary sulfonamides is 1. The van der Waals surface area contributed by atoms with E-state index in [-0.39, 0.29) is 10.8 Å². The molecule has 1 aromatic carbocycles. The Labute approximate surface area is 160 Å². The molecule has 0 saturated heterocycles. The van der Waals surface area contributed by atoms with Crippen molar-refractivity contribution >= 4 is 33.0 Å². The van der Waals surface area contributed by atoms with E-state index in [4.69, 9.17) is 9.56 Å². The fourth-order valence-corrected chi connectivity index (χ4v) is 4.63. The van der Waals surface area contributed by atoms with Crippen LogP contribution in [0.4, 0.5) is 5.69 Å². The fourth-order valence-electron chi connectivity index (χ4n) is 3.12. The molecule has 3 heterocycles. The third-order valence-electron chi connectivity index (χ3n) is 4.47. The van der Waals surface area contributed by atoms with E-state index in [9.17, 15) is 13.2 Å². The van der Waals surface area contributed by atoms with Gasteiger partial charge in [0.15, 0.2) is 10.8 Å². The molecule has 140 valence electrons. The van der Waals surface area contributed by atoms with Gasteiger partial charge in [0, 0.05) is 12.2 Å². The summed E-state index contributed by atoms with van der Waals surface area (Å²) in [4.78, 5) is 19.7. The summed E-state index contributed by atoms with van der Waals surface area (Å²) in [6.07, 6.45) is 0.661. The maximum Gasteiger partial charge on any atom is 0.270 e. The van der Waals surface area contributed by atoms with Gasteiger partial charge in [-0.25, -0.2) is 18.5 Å². The van der Waals surface area contributed by atoms with Crippen LogP contribution in [-0.2, 0) is 16.4 Å². The third-order valence-corrected chi connectivity index (χ3v) is 6.54. The zero-order valence-electron chi connectivity index (χ0n) is 14.7. The second-order valence-electron chi connectivity index (χ2n) is 6.39. The van der Waals surface area contributed by atoms with E-state index in [1.54, 1.807) is 17.9 Å². The number of carbonyl (C=O) groups is 1. The van der Waals surface area contributed by atoms with Crippen LogP contribution in [-0.4, -0.2) is 25.9 Å². The second kappa shape index (κ2) is 6.29. The monoisotopic (exact) mass is 403 g/mol. The highest BCUT2D eigenvalue weighted by molar-refractivity contribution is 7.89. The van der Waals surface area contributed by atoms with Crippen molar-refractivity contribution in [3.63, 3.8) is 0 Å². The molecule has 0 aliphatic carbocycles. The van der Waals surface area contributed by atoms with E-state index < -0.39 is 10.0 Å². The Bertz CT molecular complexity index is 1160. The predicted octanol–water partition coefficient (Wildman–Crippen LogP) is 2.87. The van der Waals surface area contributed by atoms with Crippen molar-refractivity contribution in [2.75, 3.05) is 11.4 Å². The van der Waals surface area contributed by atoms with Crippen LogP contribution in [0.1, 0.15) is 26.7 Å². The molecule has 0 bridgehead atoms. The summed E-state index contributed by atoms with van der Waals surface area (Å²) < 4.78 is 28.9. The lowest BCUT2D eigenvalue weighted by Crippen LogP contribution is -2.29. The van der Waals surface area contributed by atoms with Crippen molar-refractivity contribution in [3.8, 4) is 10.8 Å².